The maximum absolute atomic E-state index is 12.8. The molecule has 0 saturated heterocycles. The zero-order valence-corrected chi connectivity index (χ0v) is 15.7. The average molecular weight is 364 g/mol. The smallest absolute Gasteiger partial charge is 0.232 e. The maximum atomic E-state index is 12.8. The normalized spacial score (nSPS) is 14.2. The fourth-order valence-corrected chi connectivity index (χ4v) is 4.41. The van der Waals surface area contributed by atoms with Crippen LogP contribution < -0.4 is 11.5 Å². The first-order valence-corrected chi connectivity index (χ1v) is 9.80. The van der Waals surface area contributed by atoms with Crippen LogP contribution in [0.15, 0.2) is 48.5 Å². The Kier molecular flexibility index (Phi) is 5.94. The molecule has 2 aromatic carbocycles. The van der Waals surface area contributed by atoms with E-state index >= 15 is 0 Å². The van der Waals surface area contributed by atoms with Crippen molar-refractivity contribution in [2.75, 3.05) is 0 Å². The molecule has 2 aromatic rings. The van der Waals surface area contributed by atoms with Crippen molar-refractivity contribution in [1.29, 1.82) is 0 Å². The molecule has 0 saturated carbocycles. The van der Waals surface area contributed by atoms with E-state index in [1.807, 2.05) is 24.3 Å². The number of hydrogen-bond donors (Lipinski definition) is 2. The first-order chi connectivity index (χ1) is 13.1. The van der Waals surface area contributed by atoms with Gasteiger partial charge in [-0.1, -0.05) is 74.2 Å². The Morgan fingerprint density at radius 2 is 1.30 bits per heavy atom. The predicted molar refractivity (Wildman–Crippen MR) is 107 cm³/mol. The minimum absolute atomic E-state index is 0.238. The van der Waals surface area contributed by atoms with E-state index in [0.29, 0.717) is 12.8 Å². The lowest BCUT2D eigenvalue weighted by molar-refractivity contribution is -0.122. The van der Waals surface area contributed by atoms with Crippen molar-refractivity contribution in [1.82, 2.24) is 0 Å². The number of fused-ring (bicyclic) bond motifs is 2. The van der Waals surface area contributed by atoms with E-state index in [2.05, 4.69) is 24.3 Å². The highest BCUT2D eigenvalue weighted by Crippen LogP contribution is 2.45. The van der Waals surface area contributed by atoms with Crippen molar-refractivity contribution in [2.45, 2.75) is 56.8 Å². The lowest BCUT2D eigenvalue weighted by atomic mass is 9.63. The van der Waals surface area contributed by atoms with Crippen LogP contribution in [-0.2, 0) is 21.4 Å². The summed E-state index contributed by atoms with van der Waals surface area (Å²) in [4.78, 5) is 23.6. The average Bonchev–Trinajstić information content (AvgIpc) is 2.66. The lowest BCUT2D eigenvalue weighted by Crippen LogP contribution is -2.45. The molecule has 0 bridgehead atoms. The number of benzene rings is 2. The third-order valence-corrected chi connectivity index (χ3v) is 5.73. The Morgan fingerprint density at radius 3 is 1.85 bits per heavy atom. The van der Waals surface area contributed by atoms with E-state index in [1.54, 1.807) is 0 Å². The Balaban J connectivity index is 1.79. The van der Waals surface area contributed by atoms with Crippen molar-refractivity contribution in [3.63, 3.8) is 0 Å². The highest BCUT2D eigenvalue weighted by molar-refractivity contribution is 5.92. The van der Waals surface area contributed by atoms with Gasteiger partial charge in [0.15, 0.2) is 0 Å². The van der Waals surface area contributed by atoms with Gasteiger partial charge in [-0.3, -0.25) is 9.59 Å². The fraction of sp³-hybridized carbons (Fsp3) is 0.391. The Bertz CT molecular complexity index is 783. The summed E-state index contributed by atoms with van der Waals surface area (Å²) in [6.45, 7) is 0. The molecule has 1 aliphatic carbocycles. The van der Waals surface area contributed by atoms with Crippen molar-refractivity contribution in [3.8, 4) is 0 Å². The number of rotatable bonds is 9. The van der Waals surface area contributed by atoms with Gasteiger partial charge in [0.1, 0.15) is 0 Å². The number of unbranched alkanes of at least 4 members (excludes halogenated alkanes) is 4. The second-order valence-electron chi connectivity index (χ2n) is 7.49. The second kappa shape index (κ2) is 8.38. The highest BCUT2D eigenvalue weighted by atomic mass is 16.1. The van der Waals surface area contributed by atoms with Gasteiger partial charge in [0.2, 0.25) is 11.8 Å². The van der Waals surface area contributed by atoms with Crippen LogP contribution in [0.3, 0.4) is 0 Å². The molecule has 0 aromatic heterocycles. The standard InChI is InChI=1S/C23H28N2O2/c24-21(26)14-4-2-1-3-9-15-23(22(25)27)19-12-7-5-10-17(19)16-18-11-6-8-13-20(18)23/h5-8,10-13H,1-4,9,14-16H2,(H2,24,26)(H2,25,27). The molecule has 27 heavy (non-hydrogen) atoms. The summed E-state index contributed by atoms with van der Waals surface area (Å²) in [5, 5.41) is 0. The monoisotopic (exact) mass is 364 g/mol. The zero-order chi connectivity index (χ0) is 19.3. The van der Waals surface area contributed by atoms with Crippen LogP contribution in [0.4, 0.5) is 0 Å². The van der Waals surface area contributed by atoms with Crippen LogP contribution in [0.5, 0.6) is 0 Å². The number of primary amides is 2. The number of carbonyl (C=O) groups is 2. The summed E-state index contributed by atoms with van der Waals surface area (Å²) < 4.78 is 0. The van der Waals surface area contributed by atoms with Crippen molar-refractivity contribution >= 4 is 11.8 Å². The van der Waals surface area contributed by atoms with Crippen LogP contribution >= 0.6 is 0 Å². The third kappa shape index (κ3) is 3.90. The predicted octanol–water partition coefficient (Wildman–Crippen LogP) is 3.58. The molecule has 0 atom stereocenters. The molecule has 0 heterocycles. The summed E-state index contributed by atoms with van der Waals surface area (Å²) >= 11 is 0. The minimum Gasteiger partial charge on any atom is -0.370 e. The number of nitrogens with two attached hydrogens (primary N) is 2. The summed E-state index contributed by atoms with van der Waals surface area (Å²) in [6.07, 6.45) is 6.79. The molecule has 3 rings (SSSR count). The highest BCUT2D eigenvalue weighted by Gasteiger charge is 2.44. The van der Waals surface area contributed by atoms with Crippen molar-refractivity contribution < 1.29 is 9.59 Å². The van der Waals surface area contributed by atoms with Gasteiger partial charge in [-0.2, -0.15) is 0 Å². The lowest BCUT2D eigenvalue weighted by Gasteiger charge is -2.38. The van der Waals surface area contributed by atoms with Gasteiger partial charge < -0.3 is 11.5 Å². The van der Waals surface area contributed by atoms with Gasteiger partial charge in [-0.25, -0.2) is 0 Å². The van der Waals surface area contributed by atoms with Crippen LogP contribution in [0.2, 0.25) is 0 Å². The zero-order valence-electron chi connectivity index (χ0n) is 15.7. The molecule has 0 aliphatic heterocycles. The van der Waals surface area contributed by atoms with E-state index in [4.69, 9.17) is 11.5 Å². The van der Waals surface area contributed by atoms with Gasteiger partial charge >= 0.3 is 0 Å². The molecule has 142 valence electrons. The molecule has 4 N–H and O–H groups in total. The first-order valence-electron chi connectivity index (χ1n) is 9.80. The number of hydrogen-bond acceptors (Lipinski definition) is 2. The first kappa shape index (κ1) is 19.2. The summed E-state index contributed by atoms with van der Waals surface area (Å²) in [5.41, 5.74) is 15.0. The summed E-state index contributed by atoms with van der Waals surface area (Å²) in [7, 11) is 0. The van der Waals surface area contributed by atoms with Gasteiger partial charge in [0.05, 0.1) is 5.41 Å². The summed E-state index contributed by atoms with van der Waals surface area (Å²) in [5.74, 6) is -0.506. The van der Waals surface area contributed by atoms with Crippen LogP contribution in [-0.4, -0.2) is 11.8 Å². The second-order valence-corrected chi connectivity index (χ2v) is 7.49. The minimum atomic E-state index is -0.751. The number of amides is 2. The Morgan fingerprint density at radius 1 is 0.778 bits per heavy atom. The Labute approximate surface area is 160 Å². The van der Waals surface area contributed by atoms with Crippen LogP contribution in [0.1, 0.15) is 67.2 Å². The molecule has 0 spiro atoms. The van der Waals surface area contributed by atoms with Crippen LogP contribution in [0, 0.1) is 0 Å². The van der Waals surface area contributed by atoms with E-state index in [-0.39, 0.29) is 11.8 Å². The third-order valence-electron chi connectivity index (χ3n) is 5.73. The molecule has 2 amide bonds. The quantitative estimate of drug-likeness (QED) is 0.666. The molecule has 0 fully saturated rings. The van der Waals surface area contributed by atoms with Gasteiger partial charge in [0, 0.05) is 6.42 Å². The van der Waals surface area contributed by atoms with E-state index in [0.717, 1.165) is 49.7 Å². The largest absolute Gasteiger partial charge is 0.370 e. The van der Waals surface area contributed by atoms with Gasteiger partial charge in [0.25, 0.3) is 0 Å². The van der Waals surface area contributed by atoms with Crippen molar-refractivity contribution in [3.05, 3.63) is 70.8 Å². The SMILES string of the molecule is NC(=O)CCCCCCCC1(C(N)=O)c2ccccc2Cc2ccccc21. The molecular formula is C23H28N2O2. The van der Waals surface area contributed by atoms with E-state index in [1.165, 1.54) is 11.1 Å². The van der Waals surface area contributed by atoms with E-state index in [9.17, 15) is 9.59 Å². The Hall–Kier alpha value is -2.62. The number of carbonyl (C=O) groups excluding carboxylic acids is 2. The topological polar surface area (TPSA) is 86.2 Å². The van der Waals surface area contributed by atoms with Crippen LogP contribution in [0.25, 0.3) is 0 Å². The summed E-state index contributed by atoms with van der Waals surface area (Å²) in [6, 6.07) is 16.4. The fourth-order valence-electron chi connectivity index (χ4n) is 4.41. The molecule has 1 aliphatic rings. The van der Waals surface area contributed by atoms with Gasteiger partial charge in [-0.05, 0) is 41.5 Å². The molecule has 4 nitrogen and oxygen atoms in total. The van der Waals surface area contributed by atoms with E-state index < -0.39 is 5.41 Å². The molecule has 0 radical (unpaired) electrons. The maximum Gasteiger partial charge on any atom is 0.232 e. The molecular weight excluding hydrogens is 336 g/mol. The van der Waals surface area contributed by atoms with Crippen molar-refractivity contribution in [2.24, 2.45) is 11.5 Å². The molecule has 4 heteroatoms. The van der Waals surface area contributed by atoms with Gasteiger partial charge in [-0.15, -0.1) is 0 Å². The molecule has 0 unspecified atom stereocenters.